The molecule has 0 saturated heterocycles. The van der Waals surface area contributed by atoms with Crippen LogP contribution in [0.5, 0.6) is 0 Å². The van der Waals surface area contributed by atoms with Gasteiger partial charge in [-0.05, 0) is 42.5 Å². The summed E-state index contributed by atoms with van der Waals surface area (Å²) in [4.78, 5) is 4.24. The molecular formula is C17H14Cl2FN2O-. The van der Waals surface area contributed by atoms with Gasteiger partial charge in [0.1, 0.15) is 17.3 Å². The Morgan fingerprint density at radius 2 is 1.96 bits per heavy atom. The summed E-state index contributed by atoms with van der Waals surface area (Å²) in [6.07, 6.45) is 1.76. The van der Waals surface area contributed by atoms with Crippen molar-refractivity contribution >= 4 is 11.6 Å². The van der Waals surface area contributed by atoms with Crippen molar-refractivity contribution in [1.82, 2.24) is 10.3 Å². The van der Waals surface area contributed by atoms with Crippen molar-refractivity contribution in [2.75, 3.05) is 0 Å². The first-order valence-corrected chi connectivity index (χ1v) is 7.25. The normalized spacial score (nSPS) is 10.3. The average Bonchev–Trinajstić information content (AvgIpc) is 3.00. The van der Waals surface area contributed by atoms with Gasteiger partial charge in [0.25, 0.3) is 0 Å². The molecule has 0 spiro atoms. The zero-order chi connectivity index (χ0) is 15.4. The number of nitrogens with zero attached hydrogens (tertiary/aromatic N) is 1. The van der Waals surface area contributed by atoms with E-state index in [1.165, 1.54) is 6.07 Å². The molecule has 0 atom stereocenters. The summed E-state index contributed by atoms with van der Waals surface area (Å²) < 4.78 is 18.9. The Balaban J connectivity index is 0.00000192. The minimum Gasteiger partial charge on any atom is -1.00 e. The highest BCUT2D eigenvalue weighted by Gasteiger charge is 2.07. The highest BCUT2D eigenvalue weighted by molar-refractivity contribution is 6.31. The van der Waals surface area contributed by atoms with E-state index in [-0.39, 0.29) is 17.4 Å². The van der Waals surface area contributed by atoms with Crippen molar-refractivity contribution in [3.63, 3.8) is 0 Å². The summed E-state index contributed by atoms with van der Waals surface area (Å²) in [7, 11) is 0. The molecule has 120 valence electrons. The van der Waals surface area contributed by atoms with Crippen molar-refractivity contribution in [1.29, 1.82) is 0 Å². The SMILES string of the molecule is Fc1ccc(-c2ccc(CNCc3ccccn3)o2)cc1Cl.[Cl-]. The van der Waals surface area contributed by atoms with Gasteiger partial charge in [0.15, 0.2) is 0 Å². The van der Waals surface area contributed by atoms with E-state index < -0.39 is 5.82 Å². The summed E-state index contributed by atoms with van der Waals surface area (Å²) in [5, 5.41) is 3.35. The first kappa shape index (κ1) is 17.5. The molecule has 0 radical (unpaired) electrons. The van der Waals surface area contributed by atoms with E-state index >= 15 is 0 Å². The number of furan rings is 1. The Labute approximate surface area is 144 Å². The van der Waals surface area contributed by atoms with Crippen LogP contribution in [0.4, 0.5) is 4.39 Å². The Kier molecular flexibility index (Phi) is 6.16. The van der Waals surface area contributed by atoms with Gasteiger partial charge in [-0.25, -0.2) is 4.39 Å². The maximum Gasteiger partial charge on any atom is 0.141 e. The lowest BCUT2D eigenvalue weighted by molar-refractivity contribution is -0.00000557. The predicted octanol–water partition coefficient (Wildman–Crippen LogP) is 1.43. The maximum atomic E-state index is 13.2. The highest BCUT2D eigenvalue weighted by Crippen LogP contribution is 2.26. The molecule has 23 heavy (non-hydrogen) atoms. The quantitative estimate of drug-likeness (QED) is 0.755. The molecule has 1 aromatic carbocycles. The second-order valence-corrected chi connectivity index (χ2v) is 5.23. The molecule has 2 heterocycles. The zero-order valence-electron chi connectivity index (χ0n) is 12.1. The van der Waals surface area contributed by atoms with E-state index in [0.717, 1.165) is 17.0 Å². The number of halogens is 3. The van der Waals surface area contributed by atoms with Crippen LogP contribution in [0.25, 0.3) is 11.3 Å². The lowest BCUT2D eigenvalue weighted by Crippen LogP contribution is -3.00. The number of hydrogen-bond donors (Lipinski definition) is 1. The third kappa shape index (κ3) is 4.55. The molecule has 0 fully saturated rings. The van der Waals surface area contributed by atoms with E-state index in [2.05, 4.69) is 10.3 Å². The largest absolute Gasteiger partial charge is 1.00 e. The first-order chi connectivity index (χ1) is 10.7. The summed E-state index contributed by atoms with van der Waals surface area (Å²) >= 11 is 5.79. The van der Waals surface area contributed by atoms with E-state index in [0.29, 0.717) is 18.8 Å². The van der Waals surface area contributed by atoms with Crippen LogP contribution in [0.2, 0.25) is 5.02 Å². The maximum absolute atomic E-state index is 13.2. The van der Waals surface area contributed by atoms with Gasteiger partial charge in [-0.1, -0.05) is 17.7 Å². The number of nitrogens with one attached hydrogen (secondary N) is 1. The zero-order valence-corrected chi connectivity index (χ0v) is 13.6. The van der Waals surface area contributed by atoms with Crippen molar-refractivity contribution in [2.24, 2.45) is 0 Å². The molecule has 2 aromatic heterocycles. The van der Waals surface area contributed by atoms with Crippen LogP contribution in [0.1, 0.15) is 11.5 Å². The van der Waals surface area contributed by atoms with Gasteiger partial charge in [-0.3, -0.25) is 4.98 Å². The molecule has 1 N–H and O–H groups in total. The molecular weight excluding hydrogens is 338 g/mol. The number of benzene rings is 1. The molecule has 3 aromatic rings. The fraction of sp³-hybridized carbons (Fsp3) is 0.118. The third-order valence-electron chi connectivity index (χ3n) is 3.20. The van der Waals surface area contributed by atoms with Crippen LogP contribution < -0.4 is 17.7 Å². The summed E-state index contributed by atoms with van der Waals surface area (Å²) in [5.41, 5.74) is 1.72. The van der Waals surface area contributed by atoms with E-state index in [9.17, 15) is 4.39 Å². The van der Waals surface area contributed by atoms with Crippen LogP contribution >= 0.6 is 11.6 Å². The number of hydrogen-bond acceptors (Lipinski definition) is 3. The van der Waals surface area contributed by atoms with Gasteiger partial charge in [0.05, 0.1) is 17.3 Å². The molecule has 0 aliphatic rings. The lowest BCUT2D eigenvalue weighted by Gasteiger charge is -2.02. The topological polar surface area (TPSA) is 38.1 Å². The van der Waals surface area contributed by atoms with E-state index in [4.69, 9.17) is 16.0 Å². The monoisotopic (exact) mass is 351 g/mol. The molecule has 0 bridgehead atoms. The Morgan fingerprint density at radius 1 is 1.09 bits per heavy atom. The predicted molar refractivity (Wildman–Crippen MR) is 83.9 cm³/mol. The van der Waals surface area contributed by atoms with Crippen molar-refractivity contribution in [3.8, 4) is 11.3 Å². The Morgan fingerprint density at radius 3 is 2.70 bits per heavy atom. The number of rotatable bonds is 5. The third-order valence-corrected chi connectivity index (χ3v) is 3.49. The van der Waals surface area contributed by atoms with Gasteiger partial charge in [0, 0.05) is 18.3 Å². The molecule has 0 amide bonds. The minimum atomic E-state index is -0.436. The molecule has 6 heteroatoms. The first-order valence-electron chi connectivity index (χ1n) is 6.87. The van der Waals surface area contributed by atoms with Gasteiger partial charge < -0.3 is 22.1 Å². The van der Waals surface area contributed by atoms with Crippen molar-refractivity contribution in [3.05, 3.63) is 77.0 Å². The van der Waals surface area contributed by atoms with Crippen LogP contribution in [0.15, 0.2) is 59.1 Å². The summed E-state index contributed by atoms with van der Waals surface area (Å²) in [6.45, 7) is 1.25. The number of aromatic nitrogens is 1. The summed E-state index contributed by atoms with van der Waals surface area (Å²) in [5.74, 6) is 1.03. The van der Waals surface area contributed by atoms with Gasteiger partial charge >= 0.3 is 0 Å². The lowest BCUT2D eigenvalue weighted by atomic mass is 10.2. The fourth-order valence-electron chi connectivity index (χ4n) is 2.09. The van der Waals surface area contributed by atoms with Crippen molar-refractivity contribution < 1.29 is 21.2 Å². The fourth-order valence-corrected chi connectivity index (χ4v) is 2.27. The van der Waals surface area contributed by atoms with Crippen LogP contribution in [-0.4, -0.2) is 4.98 Å². The highest BCUT2D eigenvalue weighted by atomic mass is 35.5. The van der Waals surface area contributed by atoms with Gasteiger partial charge in [0.2, 0.25) is 0 Å². The van der Waals surface area contributed by atoms with Gasteiger partial charge in [-0.2, -0.15) is 0 Å². The molecule has 0 aliphatic carbocycles. The number of pyridine rings is 1. The van der Waals surface area contributed by atoms with E-state index in [1.54, 1.807) is 18.3 Å². The Bertz CT molecular complexity index is 762. The minimum absolute atomic E-state index is 0. The molecule has 0 aliphatic heterocycles. The standard InChI is InChI=1S/C17H14ClFN2O.ClH/c18-15-9-12(4-6-16(15)19)17-7-5-14(22-17)11-20-10-13-3-1-2-8-21-13;/h1-9,20H,10-11H2;1H/p-1. The Hall–Kier alpha value is -1.88. The average molecular weight is 352 g/mol. The van der Waals surface area contributed by atoms with Crippen molar-refractivity contribution in [2.45, 2.75) is 13.1 Å². The second-order valence-electron chi connectivity index (χ2n) is 4.82. The molecule has 3 nitrogen and oxygen atoms in total. The summed E-state index contributed by atoms with van der Waals surface area (Å²) in [6, 6.07) is 14.1. The van der Waals surface area contributed by atoms with E-state index in [1.807, 2.05) is 30.3 Å². The molecule has 3 rings (SSSR count). The van der Waals surface area contributed by atoms with Gasteiger partial charge in [-0.15, -0.1) is 0 Å². The van der Waals surface area contributed by atoms with Crippen LogP contribution in [-0.2, 0) is 13.1 Å². The van der Waals surface area contributed by atoms with Crippen LogP contribution in [0.3, 0.4) is 0 Å². The smallest absolute Gasteiger partial charge is 0.141 e. The molecule has 0 unspecified atom stereocenters. The molecule has 0 saturated carbocycles. The van der Waals surface area contributed by atoms with Crippen LogP contribution in [0, 0.1) is 5.82 Å². The second kappa shape index (κ2) is 8.11.